The summed E-state index contributed by atoms with van der Waals surface area (Å²) in [4.78, 5) is 35.0. The van der Waals surface area contributed by atoms with Crippen LogP contribution in [0.5, 0.6) is 0 Å². The molecular formula is C18H22N4O2S2. The molecule has 0 aliphatic carbocycles. The minimum atomic E-state index is -0.0572. The molecule has 3 heterocycles. The molecule has 3 rings (SSSR count). The van der Waals surface area contributed by atoms with E-state index in [2.05, 4.69) is 17.2 Å². The zero-order chi connectivity index (χ0) is 18.7. The molecule has 1 amide bonds. The molecule has 0 aliphatic heterocycles. The predicted molar refractivity (Wildman–Crippen MR) is 108 cm³/mol. The molecule has 8 heteroatoms. The van der Waals surface area contributed by atoms with Crippen molar-refractivity contribution >= 4 is 49.4 Å². The number of thiophene rings is 1. The van der Waals surface area contributed by atoms with Gasteiger partial charge < -0.3 is 5.32 Å². The molecule has 0 atom stereocenters. The van der Waals surface area contributed by atoms with Gasteiger partial charge in [0, 0.05) is 24.2 Å². The van der Waals surface area contributed by atoms with E-state index in [1.807, 2.05) is 26.0 Å². The Labute approximate surface area is 160 Å². The first-order valence-electron chi connectivity index (χ1n) is 8.71. The lowest BCUT2D eigenvalue weighted by atomic mass is 10.3. The molecule has 0 aliphatic rings. The molecule has 6 nitrogen and oxygen atoms in total. The number of hydrogen-bond donors (Lipinski definition) is 1. The largest absolute Gasteiger partial charge is 0.353 e. The molecule has 0 unspecified atom stereocenters. The highest BCUT2D eigenvalue weighted by Crippen LogP contribution is 2.30. The fourth-order valence-corrected chi connectivity index (χ4v) is 4.52. The molecule has 3 aromatic heterocycles. The van der Waals surface area contributed by atoms with Crippen LogP contribution < -0.4 is 10.9 Å². The van der Waals surface area contributed by atoms with Gasteiger partial charge in [-0.3, -0.25) is 14.2 Å². The van der Waals surface area contributed by atoms with Gasteiger partial charge in [-0.15, -0.1) is 11.3 Å². The van der Waals surface area contributed by atoms with E-state index in [9.17, 15) is 9.59 Å². The quantitative estimate of drug-likeness (QED) is 0.494. The van der Waals surface area contributed by atoms with E-state index in [0.29, 0.717) is 21.9 Å². The van der Waals surface area contributed by atoms with Gasteiger partial charge in [0.05, 0.1) is 11.3 Å². The predicted octanol–water partition coefficient (Wildman–Crippen LogP) is 3.42. The van der Waals surface area contributed by atoms with Crippen LogP contribution in [0.4, 0.5) is 0 Å². The van der Waals surface area contributed by atoms with Crippen molar-refractivity contribution in [1.82, 2.24) is 19.9 Å². The van der Waals surface area contributed by atoms with Crippen molar-refractivity contribution in [1.29, 1.82) is 0 Å². The van der Waals surface area contributed by atoms with Crippen LogP contribution in [0.3, 0.4) is 0 Å². The van der Waals surface area contributed by atoms with E-state index in [4.69, 9.17) is 4.98 Å². The molecule has 0 fully saturated rings. The number of carbonyl (C=O) groups is 1. The molecule has 0 spiro atoms. The summed E-state index contributed by atoms with van der Waals surface area (Å²) in [6, 6.07) is 3.87. The Bertz CT molecular complexity index is 994. The average molecular weight is 391 g/mol. The molecule has 0 bridgehead atoms. The lowest BCUT2D eigenvalue weighted by Crippen LogP contribution is -2.32. The smallest absolute Gasteiger partial charge is 0.272 e. The number of amides is 1. The minimum absolute atomic E-state index is 0.0433. The summed E-state index contributed by atoms with van der Waals surface area (Å²) in [6.07, 6.45) is 3.59. The SMILES string of the molecule is CCCCn1c(SCC(=O)NC(C)C)nc2c(sc3ncccc32)c1=O. The van der Waals surface area contributed by atoms with Gasteiger partial charge in [-0.25, -0.2) is 9.97 Å². The maximum atomic E-state index is 13.0. The van der Waals surface area contributed by atoms with Crippen LogP contribution in [0.2, 0.25) is 0 Å². The maximum Gasteiger partial charge on any atom is 0.272 e. The molecule has 1 N–H and O–H groups in total. The molecular weight excluding hydrogens is 368 g/mol. The summed E-state index contributed by atoms with van der Waals surface area (Å²) < 4.78 is 2.33. The van der Waals surface area contributed by atoms with Gasteiger partial charge in [-0.1, -0.05) is 25.1 Å². The third-order valence-corrected chi connectivity index (χ3v) is 5.90. The number of nitrogens with one attached hydrogen (secondary N) is 1. The number of hydrogen-bond acceptors (Lipinski definition) is 6. The number of aromatic nitrogens is 3. The number of carbonyl (C=O) groups excluding carboxylic acids is 1. The highest BCUT2D eigenvalue weighted by atomic mass is 32.2. The van der Waals surface area contributed by atoms with Crippen molar-refractivity contribution in [2.45, 2.75) is 51.4 Å². The number of unbranched alkanes of at least 4 members (excludes halogenated alkanes) is 1. The zero-order valence-electron chi connectivity index (χ0n) is 15.1. The average Bonchev–Trinajstić information content (AvgIpc) is 2.98. The standard InChI is InChI=1S/C18H22N4O2S2/c1-4-5-9-22-17(24)15-14(12-7-6-8-19-16(12)26-15)21-18(22)25-10-13(23)20-11(2)3/h6-8,11H,4-5,9-10H2,1-3H3,(H,20,23). The van der Waals surface area contributed by atoms with E-state index >= 15 is 0 Å². The number of pyridine rings is 1. The molecule has 26 heavy (non-hydrogen) atoms. The van der Waals surface area contributed by atoms with E-state index in [-0.39, 0.29) is 23.3 Å². The van der Waals surface area contributed by atoms with Crippen LogP contribution in [-0.4, -0.2) is 32.2 Å². The van der Waals surface area contributed by atoms with Gasteiger partial charge >= 0.3 is 0 Å². The molecule has 138 valence electrons. The third-order valence-electron chi connectivity index (χ3n) is 3.84. The second kappa shape index (κ2) is 8.18. The molecule has 0 radical (unpaired) electrons. The fourth-order valence-electron chi connectivity index (χ4n) is 2.66. The second-order valence-electron chi connectivity index (χ2n) is 6.35. The fraction of sp³-hybridized carbons (Fsp3) is 0.444. The molecule has 0 aromatic carbocycles. The van der Waals surface area contributed by atoms with Gasteiger partial charge in [0.1, 0.15) is 9.53 Å². The number of nitrogens with zero attached hydrogens (tertiary/aromatic N) is 3. The van der Waals surface area contributed by atoms with Crippen molar-refractivity contribution in [3.63, 3.8) is 0 Å². The lowest BCUT2D eigenvalue weighted by molar-refractivity contribution is -0.119. The summed E-state index contributed by atoms with van der Waals surface area (Å²) in [6.45, 7) is 6.54. The minimum Gasteiger partial charge on any atom is -0.353 e. The van der Waals surface area contributed by atoms with Crippen molar-refractivity contribution in [3.05, 3.63) is 28.7 Å². The Morgan fingerprint density at radius 2 is 2.23 bits per heavy atom. The highest BCUT2D eigenvalue weighted by Gasteiger charge is 2.17. The summed E-state index contributed by atoms with van der Waals surface area (Å²) in [7, 11) is 0. The Morgan fingerprint density at radius 3 is 2.96 bits per heavy atom. The summed E-state index contributed by atoms with van der Waals surface area (Å²) in [5, 5.41) is 4.35. The van der Waals surface area contributed by atoms with Gasteiger partial charge in [-0.2, -0.15) is 0 Å². The number of fused-ring (bicyclic) bond motifs is 3. The Morgan fingerprint density at radius 1 is 1.42 bits per heavy atom. The van der Waals surface area contributed by atoms with Crippen molar-refractivity contribution in [2.24, 2.45) is 0 Å². The topological polar surface area (TPSA) is 76.9 Å². The van der Waals surface area contributed by atoms with Gasteiger partial charge in [-0.05, 0) is 32.4 Å². The van der Waals surface area contributed by atoms with E-state index in [0.717, 1.165) is 23.1 Å². The van der Waals surface area contributed by atoms with Crippen molar-refractivity contribution < 1.29 is 4.79 Å². The van der Waals surface area contributed by atoms with Gasteiger partial charge in [0.25, 0.3) is 5.56 Å². The monoisotopic (exact) mass is 390 g/mol. The van der Waals surface area contributed by atoms with E-state index in [1.54, 1.807) is 10.8 Å². The Kier molecular flexibility index (Phi) is 5.93. The first-order valence-corrected chi connectivity index (χ1v) is 10.5. The Balaban J connectivity index is 2.04. The van der Waals surface area contributed by atoms with Gasteiger partial charge in [0.2, 0.25) is 5.91 Å². The number of rotatable bonds is 7. The maximum absolute atomic E-state index is 13.0. The van der Waals surface area contributed by atoms with E-state index in [1.165, 1.54) is 23.1 Å². The van der Waals surface area contributed by atoms with Gasteiger partial charge in [0.15, 0.2) is 5.16 Å². The van der Waals surface area contributed by atoms with Crippen LogP contribution in [0.25, 0.3) is 20.4 Å². The lowest BCUT2D eigenvalue weighted by Gasteiger charge is -2.12. The van der Waals surface area contributed by atoms with Crippen LogP contribution in [0.15, 0.2) is 28.3 Å². The third kappa shape index (κ3) is 3.91. The van der Waals surface area contributed by atoms with Crippen molar-refractivity contribution in [3.8, 4) is 0 Å². The summed E-state index contributed by atoms with van der Waals surface area (Å²) in [5.74, 6) is 0.181. The first-order chi connectivity index (χ1) is 12.5. The van der Waals surface area contributed by atoms with Crippen LogP contribution in [0.1, 0.15) is 33.6 Å². The van der Waals surface area contributed by atoms with Crippen LogP contribution in [-0.2, 0) is 11.3 Å². The summed E-state index contributed by atoms with van der Waals surface area (Å²) in [5.41, 5.74) is 0.640. The second-order valence-corrected chi connectivity index (χ2v) is 8.29. The zero-order valence-corrected chi connectivity index (χ0v) is 16.7. The van der Waals surface area contributed by atoms with E-state index < -0.39 is 0 Å². The summed E-state index contributed by atoms with van der Waals surface area (Å²) >= 11 is 2.69. The number of thioether (sulfide) groups is 1. The Hall–Kier alpha value is -1.93. The van der Waals surface area contributed by atoms with Crippen LogP contribution in [0, 0.1) is 0 Å². The molecule has 0 saturated heterocycles. The first kappa shape index (κ1) is 18.8. The normalized spacial score (nSPS) is 11.5. The molecule has 3 aromatic rings. The molecule has 0 saturated carbocycles. The van der Waals surface area contributed by atoms with Crippen molar-refractivity contribution in [2.75, 3.05) is 5.75 Å². The highest BCUT2D eigenvalue weighted by molar-refractivity contribution is 7.99. The van der Waals surface area contributed by atoms with Crippen LogP contribution >= 0.6 is 23.1 Å².